The molecular formula is C19H15ClN2O4S. The Kier molecular flexibility index (Phi) is 5.61. The number of aliphatic carboxylic acids is 1. The van der Waals surface area contributed by atoms with Gasteiger partial charge in [-0.05, 0) is 24.3 Å². The quantitative estimate of drug-likeness (QED) is 0.748. The first-order valence-electron chi connectivity index (χ1n) is 7.99. The second kappa shape index (κ2) is 7.92. The zero-order valence-electron chi connectivity index (χ0n) is 14.2. The number of methoxy groups -OCH3 is 1. The van der Waals surface area contributed by atoms with E-state index in [2.05, 4.69) is 11.4 Å². The first kappa shape index (κ1) is 19.1. The smallest absolute Gasteiger partial charge is 0.306 e. The van der Waals surface area contributed by atoms with E-state index < -0.39 is 18.2 Å². The van der Waals surface area contributed by atoms with Crippen molar-refractivity contribution in [2.75, 3.05) is 12.4 Å². The molecule has 3 rings (SSSR count). The summed E-state index contributed by atoms with van der Waals surface area (Å²) in [4.78, 5) is 11.5. The maximum atomic E-state index is 11.3. The van der Waals surface area contributed by atoms with Gasteiger partial charge in [0.25, 0.3) is 0 Å². The summed E-state index contributed by atoms with van der Waals surface area (Å²) in [6.45, 7) is 0. The Morgan fingerprint density at radius 2 is 2.19 bits per heavy atom. The maximum Gasteiger partial charge on any atom is 0.306 e. The summed E-state index contributed by atoms with van der Waals surface area (Å²) in [7, 11) is 1.50. The Morgan fingerprint density at radius 1 is 1.41 bits per heavy atom. The Bertz CT molecular complexity index is 957. The normalized spacial score (nSPS) is 18.6. The number of hydrogen-bond acceptors (Lipinski definition) is 5. The van der Waals surface area contributed by atoms with E-state index in [0.717, 1.165) is 0 Å². The summed E-state index contributed by atoms with van der Waals surface area (Å²) >= 11 is 11.8. The van der Waals surface area contributed by atoms with Crippen LogP contribution in [0.3, 0.4) is 0 Å². The number of thiocarbonyl (C=S) groups is 1. The van der Waals surface area contributed by atoms with Crippen LogP contribution in [0.1, 0.15) is 29.2 Å². The highest BCUT2D eigenvalue weighted by atomic mass is 35.5. The van der Waals surface area contributed by atoms with Crippen molar-refractivity contribution in [1.82, 2.24) is 0 Å². The molecule has 27 heavy (non-hydrogen) atoms. The molecule has 2 aromatic rings. The zero-order valence-corrected chi connectivity index (χ0v) is 15.8. The molecule has 2 N–H and O–H groups in total. The first-order valence-corrected chi connectivity index (χ1v) is 8.77. The van der Waals surface area contributed by atoms with Crippen molar-refractivity contribution in [2.45, 2.75) is 18.6 Å². The number of hydrogen-bond donors (Lipinski definition) is 2. The van der Waals surface area contributed by atoms with E-state index in [1.165, 1.54) is 7.11 Å². The fourth-order valence-electron chi connectivity index (χ4n) is 2.90. The zero-order chi connectivity index (χ0) is 19.6. The molecule has 0 amide bonds. The van der Waals surface area contributed by atoms with E-state index in [1.54, 1.807) is 36.4 Å². The summed E-state index contributed by atoms with van der Waals surface area (Å²) in [6, 6.07) is 12.4. The molecule has 1 heterocycles. The van der Waals surface area contributed by atoms with E-state index in [-0.39, 0.29) is 11.4 Å². The number of halogens is 1. The van der Waals surface area contributed by atoms with Crippen LogP contribution in [0.5, 0.6) is 5.75 Å². The lowest BCUT2D eigenvalue weighted by Crippen LogP contribution is -2.30. The molecule has 0 radical (unpaired) electrons. The summed E-state index contributed by atoms with van der Waals surface area (Å²) in [5.41, 5.74) is 2.30. The summed E-state index contributed by atoms with van der Waals surface area (Å²) < 4.78 is 11.4. The van der Waals surface area contributed by atoms with Crippen molar-refractivity contribution in [2.24, 2.45) is 0 Å². The number of fused-ring (bicyclic) bond motifs is 1. The molecule has 0 saturated heterocycles. The Labute approximate surface area is 166 Å². The molecule has 2 aromatic carbocycles. The Hall–Kier alpha value is -2.66. The molecule has 0 spiro atoms. The average Bonchev–Trinajstić information content (AvgIpc) is 2.78. The fraction of sp³-hybridized carbons (Fsp3) is 0.211. The van der Waals surface area contributed by atoms with Crippen molar-refractivity contribution in [1.29, 1.82) is 5.26 Å². The van der Waals surface area contributed by atoms with Crippen molar-refractivity contribution < 1.29 is 19.4 Å². The van der Waals surface area contributed by atoms with E-state index >= 15 is 0 Å². The topological polar surface area (TPSA) is 91.6 Å². The number of nitrogens with zero attached hydrogens (tertiary/aromatic N) is 1. The number of anilines is 1. The van der Waals surface area contributed by atoms with Gasteiger partial charge in [-0.2, -0.15) is 5.26 Å². The van der Waals surface area contributed by atoms with Crippen molar-refractivity contribution in [3.63, 3.8) is 0 Å². The molecule has 1 aliphatic heterocycles. The number of nitrogens with one attached hydrogen (secondary N) is 1. The first-order chi connectivity index (χ1) is 12.9. The number of carbonyl (C=O) groups is 1. The predicted molar refractivity (Wildman–Crippen MR) is 104 cm³/mol. The third-order valence-corrected chi connectivity index (χ3v) is 4.94. The second-order valence-electron chi connectivity index (χ2n) is 5.87. The number of carboxylic acids is 1. The molecule has 0 fully saturated rings. The Morgan fingerprint density at radius 3 is 2.85 bits per heavy atom. The monoisotopic (exact) mass is 402 g/mol. The van der Waals surface area contributed by atoms with Gasteiger partial charge < -0.3 is 19.9 Å². The molecular weight excluding hydrogens is 388 g/mol. The van der Waals surface area contributed by atoms with Crippen molar-refractivity contribution >= 4 is 40.5 Å². The van der Waals surface area contributed by atoms with Crippen LogP contribution >= 0.6 is 23.8 Å². The number of benzene rings is 2. The van der Waals surface area contributed by atoms with Crippen LogP contribution in [0.4, 0.5) is 5.69 Å². The minimum atomic E-state index is -1.04. The number of ether oxygens (including phenoxy) is 2. The molecule has 0 unspecified atom stereocenters. The van der Waals surface area contributed by atoms with Crippen LogP contribution in [0.25, 0.3) is 0 Å². The van der Waals surface area contributed by atoms with E-state index in [0.29, 0.717) is 33.1 Å². The SMILES string of the molecule is COc1cccc([C@H]2O[C@H](CC(=O)O)C(=S)Nc3ccc(C#N)cc32)c1Cl. The van der Waals surface area contributed by atoms with Crippen LogP contribution in [0.2, 0.25) is 5.02 Å². The van der Waals surface area contributed by atoms with Gasteiger partial charge in [0.15, 0.2) is 0 Å². The molecule has 0 aliphatic carbocycles. The average molecular weight is 403 g/mol. The lowest BCUT2D eigenvalue weighted by molar-refractivity contribution is -0.139. The van der Waals surface area contributed by atoms with Gasteiger partial charge in [0.2, 0.25) is 0 Å². The summed E-state index contributed by atoms with van der Waals surface area (Å²) in [6.07, 6.45) is -1.89. The standard InChI is InChI=1S/C19H15ClN2O4S/c1-25-14-4-2-3-11(17(14)20)18-12-7-10(9-21)5-6-13(12)22-19(27)15(26-18)8-16(23)24/h2-7,15,18H,8H2,1H3,(H,22,27)(H,23,24)/t15-,18-/m1/s1. The van der Waals surface area contributed by atoms with Gasteiger partial charge in [-0.3, -0.25) is 4.79 Å². The molecule has 8 heteroatoms. The highest BCUT2D eigenvalue weighted by Gasteiger charge is 2.32. The number of nitriles is 1. The lowest BCUT2D eigenvalue weighted by Gasteiger charge is -2.23. The van der Waals surface area contributed by atoms with Gasteiger partial charge in [0.1, 0.15) is 22.9 Å². The number of rotatable bonds is 4. The molecule has 138 valence electrons. The summed E-state index contributed by atoms with van der Waals surface area (Å²) in [5.74, 6) is -0.575. The lowest BCUT2D eigenvalue weighted by atomic mass is 9.97. The molecule has 2 atom stereocenters. The minimum absolute atomic E-state index is 0.255. The van der Waals surface area contributed by atoms with Gasteiger partial charge in [-0.1, -0.05) is 36.0 Å². The molecule has 1 aliphatic rings. The van der Waals surface area contributed by atoms with Crippen molar-refractivity contribution in [3.8, 4) is 11.8 Å². The molecule has 6 nitrogen and oxygen atoms in total. The molecule has 0 saturated carbocycles. The Balaban J connectivity index is 2.18. The molecule has 0 bridgehead atoms. The number of carboxylic acid groups (broad SMARTS) is 1. The second-order valence-corrected chi connectivity index (χ2v) is 6.69. The van der Waals surface area contributed by atoms with Gasteiger partial charge >= 0.3 is 5.97 Å². The van der Waals surface area contributed by atoms with E-state index in [1.807, 2.05) is 0 Å². The van der Waals surface area contributed by atoms with Gasteiger partial charge in [0.05, 0.1) is 30.2 Å². The van der Waals surface area contributed by atoms with Crippen LogP contribution in [0, 0.1) is 11.3 Å². The minimum Gasteiger partial charge on any atom is -0.495 e. The van der Waals surface area contributed by atoms with Gasteiger partial charge in [-0.25, -0.2) is 0 Å². The van der Waals surface area contributed by atoms with Crippen LogP contribution in [-0.4, -0.2) is 29.3 Å². The van der Waals surface area contributed by atoms with Crippen molar-refractivity contribution in [3.05, 3.63) is 58.1 Å². The van der Waals surface area contributed by atoms with Crippen LogP contribution < -0.4 is 10.1 Å². The van der Waals surface area contributed by atoms with E-state index in [9.17, 15) is 15.2 Å². The third kappa shape index (κ3) is 3.88. The predicted octanol–water partition coefficient (Wildman–Crippen LogP) is 3.92. The van der Waals surface area contributed by atoms with Gasteiger partial charge in [0, 0.05) is 16.8 Å². The van der Waals surface area contributed by atoms with Gasteiger partial charge in [-0.15, -0.1) is 0 Å². The highest BCUT2D eigenvalue weighted by molar-refractivity contribution is 7.80. The third-order valence-electron chi connectivity index (χ3n) is 4.17. The molecule has 0 aromatic heterocycles. The van der Waals surface area contributed by atoms with Crippen LogP contribution in [-0.2, 0) is 9.53 Å². The summed E-state index contributed by atoms with van der Waals surface area (Å²) in [5, 5.41) is 21.9. The largest absolute Gasteiger partial charge is 0.495 e. The maximum absolute atomic E-state index is 11.3. The fourth-order valence-corrected chi connectivity index (χ4v) is 3.45. The highest BCUT2D eigenvalue weighted by Crippen LogP contribution is 2.41. The van der Waals surface area contributed by atoms with E-state index in [4.69, 9.17) is 33.3 Å². The van der Waals surface area contributed by atoms with Crippen LogP contribution in [0.15, 0.2) is 36.4 Å².